The Kier molecular flexibility index (Phi) is 5.40. The van der Waals surface area contributed by atoms with Gasteiger partial charge in [0.1, 0.15) is 5.75 Å². The molecule has 0 radical (unpaired) electrons. The summed E-state index contributed by atoms with van der Waals surface area (Å²) in [5.41, 5.74) is 2.96. The van der Waals surface area contributed by atoms with E-state index in [0.29, 0.717) is 24.8 Å². The molecule has 1 unspecified atom stereocenters. The van der Waals surface area contributed by atoms with E-state index >= 15 is 0 Å². The molecular formula is C20H25N3O3. The SMILES string of the molecule is Cc1cccc(OC(C)C(=O)NCCn2nc(C3CC3)ccc2=O)c1C. The summed E-state index contributed by atoms with van der Waals surface area (Å²) in [6.07, 6.45) is 1.66. The van der Waals surface area contributed by atoms with Crippen LogP contribution >= 0.6 is 0 Å². The van der Waals surface area contributed by atoms with Gasteiger partial charge in [-0.1, -0.05) is 12.1 Å². The number of benzene rings is 1. The maximum Gasteiger partial charge on any atom is 0.266 e. The normalized spacial score (nSPS) is 14.7. The molecule has 1 amide bonds. The van der Waals surface area contributed by atoms with E-state index in [1.54, 1.807) is 19.1 Å². The molecule has 1 atom stereocenters. The molecule has 3 rings (SSSR count). The molecule has 0 bridgehead atoms. The highest BCUT2D eigenvalue weighted by Gasteiger charge is 2.25. The summed E-state index contributed by atoms with van der Waals surface area (Å²) in [6, 6.07) is 9.13. The molecule has 6 nitrogen and oxygen atoms in total. The van der Waals surface area contributed by atoms with Crippen molar-refractivity contribution in [1.29, 1.82) is 0 Å². The number of aryl methyl sites for hydroxylation is 1. The average molecular weight is 355 g/mol. The Labute approximate surface area is 153 Å². The summed E-state index contributed by atoms with van der Waals surface area (Å²) in [5.74, 6) is 0.988. The number of ether oxygens (including phenoxy) is 1. The van der Waals surface area contributed by atoms with Crippen LogP contribution in [0.5, 0.6) is 5.75 Å². The second kappa shape index (κ2) is 7.72. The van der Waals surface area contributed by atoms with Gasteiger partial charge in [-0.25, -0.2) is 4.68 Å². The van der Waals surface area contributed by atoms with Crippen LogP contribution in [-0.4, -0.2) is 28.3 Å². The van der Waals surface area contributed by atoms with E-state index in [1.807, 2.05) is 32.0 Å². The van der Waals surface area contributed by atoms with Gasteiger partial charge in [0.15, 0.2) is 6.10 Å². The Morgan fingerprint density at radius 2 is 2.08 bits per heavy atom. The van der Waals surface area contributed by atoms with Gasteiger partial charge < -0.3 is 10.1 Å². The Bertz CT molecular complexity index is 856. The van der Waals surface area contributed by atoms with Crippen molar-refractivity contribution in [1.82, 2.24) is 15.1 Å². The lowest BCUT2D eigenvalue weighted by molar-refractivity contribution is -0.127. The summed E-state index contributed by atoms with van der Waals surface area (Å²) < 4.78 is 7.20. The van der Waals surface area contributed by atoms with Gasteiger partial charge in [0.05, 0.1) is 12.2 Å². The van der Waals surface area contributed by atoms with Gasteiger partial charge in [0, 0.05) is 18.5 Å². The van der Waals surface area contributed by atoms with E-state index in [0.717, 1.165) is 29.7 Å². The molecule has 0 aliphatic heterocycles. The molecule has 1 saturated carbocycles. The molecule has 26 heavy (non-hydrogen) atoms. The van der Waals surface area contributed by atoms with Crippen molar-refractivity contribution in [2.45, 2.75) is 52.2 Å². The highest BCUT2D eigenvalue weighted by atomic mass is 16.5. The summed E-state index contributed by atoms with van der Waals surface area (Å²) in [5, 5.41) is 7.20. The van der Waals surface area contributed by atoms with Crippen LogP contribution in [0.25, 0.3) is 0 Å². The molecule has 1 aliphatic rings. The molecule has 1 N–H and O–H groups in total. The lowest BCUT2D eigenvalue weighted by atomic mass is 10.1. The fourth-order valence-corrected chi connectivity index (χ4v) is 2.75. The third-order valence-corrected chi connectivity index (χ3v) is 4.73. The van der Waals surface area contributed by atoms with Crippen molar-refractivity contribution in [2.75, 3.05) is 6.54 Å². The molecule has 1 aromatic heterocycles. The number of nitrogens with one attached hydrogen (secondary N) is 1. The van der Waals surface area contributed by atoms with Crippen LogP contribution < -0.4 is 15.6 Å². The first-order valence-electron chi connectivity index (χ1n) is 9.04. The van der Waals surface area contributed by atoms with Crippen LogP contribution in [0.1, 0.15) is 42.5 Å². The number of hydrogen-bond acceptors (Lipinski definition) is 4. The van der Waals surface area contributed by atoms with Gasteiger partial charge in [-0.3, -0.25) is 9.59 Å². The first kappa shape index (κ1) is 18.2. The lowest BCUT2D eigenvalue weighted by Gasteiger charge is -2.17. The highest BCUT2D eigenvalue weighted by molar-refractivity contribution is 5.80. The van der Waals surface area contributed by atoms with E-state index in [1.165, 1.54) is 4.68 Å². The first-order chi connectivity index (χ1) is 12.5. The maximum atomic E-state index is 12.3. The molecule has 1 aliphatic carbocycles. The summed E-state index contributed by atoms with van der Waals surface area (Å²) in [6.45, 7) is 6.38. The number of rotatable bonds is 7. The van der Waals surface area contributed by atoms with Crippen LogP contribution in [0, 0.1) is 13.8 Å². The minimum absolute atomic E-state index is 0.150. The van der Waals surface area contributed by atoms with Crippen LogP contribution in [-0.2, 0) is 11.3 Å². The van der Waals surface area contributed by atoms with Crippen LogP contribution in [0.2, 0.25) is 0 Å². The Morgan fingerprint density at radius 3 is 2.81 bits per heavy atom. The van der Waals surface area contributed by atoms with Crippen molar-refractivity contribution in [3.8, 4) is 5.75 Å². The highest BCUT2D eigenvalue weighted by Crippen LogP contribution is 2.38. The minimum atomic E-state index is -0.613. The number of nitrogens with zero attached hydrogens (tertiary/aromatic N) is 2. The fourth-order valence-electron chi connectivity index (χ4n) is 2.75. The molecule has 0 saturated heterocycles. The average Bonchev–Trinajstić information content (AvgIpc) is 3.45. The standard InChI is InChI=1S/C20H25N3O3/c1-13-5-4-6-18(14(13)2)26-15(3)20(25)21-11-12-23-19(24)10-9-17(22-23)16-7-8-16/h4-6,9-10,15-16H,7-8,11-12H2,1-3H3,(H,21,25). The van der Waals surface area contributed by atoms with Crippen molar-refractivity contribution in [2.24, 2.45) is 0 Å². The van der Waals surface area contributed by atoms with Gasteiger partial charge in [-0.15, -0.1) is 0 Å². The zero-order valence-electron chi connectivity index (χ0n) is 15.5. The Morgan fingerprint density at radius 1 is 1.31 bits per heavy atom. The molecule has 6 heteroatoms. The number of carbonyl (C=O) groups is 1. The van der Waals surface area contributed by atoms with E-state index < -0.39 is 6.10 Å². The van der Waals surface area contributed by atoms with Crippen molar-refractivity contribution < 1.29 is 9.53 Å². The third-order valence-electron chi connectivity index (χ3n) is 4.73. The smallest absolute Gasteiger partial charge is 0.266 e. The second-order valence-corrected chi connectivity index (χ2v) is 6.84. The number of aromatic nitrogens is 2. The molecule has 138 valence electrons. The maximum absolute atomic E-state index is 12.3. The van der Waals surface area contributed by atoms with E-state index in [2.05, 4.69) is 10.4 Å². The topological polar surface area (TPSA) is 73.2 Å². The molecule has 1 heterocycles. The third kappa shape index (κ3) is 4.31. The fraction of sp³-hybridized carbons (Fsp3) is 0.450. The summed E-state index contributed by atoms with van der Waals surface area (Å²) in [4.78, 5) is 24.2. The van der Waals surface area contributed by atoms with Gasteiger partial charge in [-0.2, -0.15) is 5.10 Å². The zero-order valence-corrected chi connectivity index (χ0v) is 15.5. The molecule has 0 spiro atoms. The first-order valence-corrected chi connectivity index (χ1v) is 9.04. The largest absolute Gasteiger partial charge is 0.481 e. The molecule has 1 aromatic carbocycles. The summed E-state index contributed by atoms with van der Waals surface area (Å²) in [7, 11) is 0. The minimum Gasteiger partial charge on any atom is -0.481 e. The molecular weight excluding hydrogens is 330 g/mol. The zero-order chi connectivity index (χ0) is 18.7. The Hall–Kier alpha value is -2.63. The number of carbonyl (C=O) groups excluding carboxylic acids is 1. The van der Waals surface area contributed by atoms with Gasteiger partial charge >= 0.3 is 0 Å². The predicted molar refractivity (Wildman–Crippen MR) is 99.5 cm³/mol. The van der Waals surface area contributed by atoms with Crippen molar-refractivity contribution in [3.05, 3.63) is 57.5 Å². The Balaban J connectivity index is 1.53. The summed E-state index contributed by atoms with van der Waals surface area (Å²) >= 11 is 0. The monoisotopic (exact) mass is 355 g/mol. The molecule has 2 aromatic rings. The second-order valence-electron chi connectivity index (χ2n) is 6.84. The van der Waals surface area contributed by atoms with Gasteiger partial charge in [0.25, 0.3) is 11.5 Å². The number of amides is 1. The van der Waals surface area contributed by atoms with Crippen molar-refractivity contribution >= 4 is 5.91 Å². The van der Waals surface area contributed by atoms with E-state index in [9.17, 15) is 9.59 Å². The predicted octanol–water partition coefficient (Wildman–Crippen LogP) is 2.32. The quantitative estimate of drug-likeness (QED) is 0.827. The van der Waals surface area contributed by atoms with E-state index in [-0.39, 0.29) is 11.5 Å². The van der Waals surface area contributed by atoms with E-state index in [4.69, 9.17) is 4.74 Å². The van der Waals surface area contributed by atoms with Crippen LogP contribution in [0.15, 0.2) is 35.1 Å². The van der Waals surface area contributed by atoms with Crippen LogP contribution in [0.4, 0.5) is 0 Å². The lowest BCUT2D eigenvalue weighted by Crippen LogP contribution is -2.39. The molecule has 1 fully saturated rings. The van der Waals surface area contributed by atoms with Crippen LogP contribution in [0.3, 0.4) is 0 Å². The van der Waals surface area contributed by atoms with Gasteiger partial charge in [0.2, 0.25) is 0 Å². The van der Waals surface area contributed by atoms with Gasteiger partial charge in [-0.05, 0) is 56.9 Å². The van der Waals surface area contributed by atoms with Crippen molar-refractivity contribution in [3.63, 3.8) is 0 Å². The number of hydrogen-bond donors (Lipinski definition) is 1.